The fourth-order valence-corrected chi connectivity index (χ4v) is 4.45. The molecular formula is C17H34N2. The fourth-order valence-electron chi connectivity index (χ4n) is 4.45. The van der Waals surface area contributed by atoms with Crippen LogP contribution < -0.4 is 5.73 Å². The molecule has 2 fully saturated rings. The van der Waals surface area contributed by atoms with Gasteiger partial charge in [-0.3, -0.25) is 4.90 Å². The summed E-state index contributed by atoms with van der Waals surface area (Å²) in [5, 5.41) is 0. The first-order chi connectivity index (χ1) is 9.16. The molecule has 2 aliphatic carbocycles. The molecule has 2 rings (SSSR count). The van der Waals surface area contributed by atoms with Crippen LogP contribution in [0.5, 0.6) is 0 Å². The van der Waals surface area contributed by atoms with Crippen molar-refractivity contribution in [2.75, 3.05) is 20.1 Å². The standard InChI is InChI=1S/C17H34N2/c1-3-4-7-14-19(2)17(15-18)12-10-16(11-13-17)8-5-6-9-16/h3-15,18H2,1-2H3. The molecule has 2 aliphatic rings. The first-order valence-corrected chi connectivity index (χ1v) is 8.58. The highest BCUT2D eigenvalue weighted by molar-refractivity contribution is 5.00. The largest absolute Gasteiger partial charge is 0.329 e. The van der Waals surface area contributed by atoms with Crippen molar-refractivity contribution in [3.63, 3.8) is 0 Å². The highest BCUT2D eigenvalue weighted by atomic mass is 15.2. The van der Waals surface area contributed by atoms with Gasteiger partial charge in [0.05, 0.1) is 0 Å². The van der Waals surface area contributed by atoms with Crippen molar-refractivity contribution in [3.05, 3.63) is 0 Å². The van der Waals surface area contributed by atoms with Gasteiger partial charge in [0.2, 0.25) is 0 Å². The Morgan fingerprint density at radius 3 is 2.11 bits per heavy atom. The second-order valence-corrected chi connectivity index (χ2v) is 7.26. The van der Waals surface area contributed by atoms with E-state index < -0.39 is 0 Å². The molecule has 0 saturated heterocycles. The Kier molecular flexibility index (Phi) is 5.30. The van der Waals surface area contributed by atoms with Gasteiger partial charge in [0, 0.05) is 12.1 Å². The molecule has 1 spiro atoms. The summed E-state index contributed by atoms with van der Waals surface area (Å²) in [7, 11) is 2.31. The zero-order valence-electron chi connectivity index (χ0n) is 13.2. The number of nitrogens with zero attached hydrogens (tertiary/aromatic N) is 1. The smallest absolute Gasteiger partial charge is 0.0329 e. The molecule has 112 valence electrons. The van der Waals surface area contributed by atoms with Crippen LogP contribution in [0.15, 0.2) is 0 Å². The van der Waals surface area contributed by atoms with Crippen LogP contribution in [0.1, 0.15) is 77.6 Å². The second kappa shape index (κ2) is 6.58. The number of hydrogen-bond donors (Lipinski definition) is 1. The van der Waals surface area contributed by atoms with Gasteiger partial charge in [-0.25, -0.2) is 0 Å². The van der Waals surface area contributed by atoms with Crippen molar-refractivity contribution < 1.29 is 0 Å². The Morgan fingerprint density at radius 2 is 1.58 bits per heavy atom. The van der Waals surface area contributed by atoms with Gasteiger partial charge in [-0.15, -0.1) is 0 Å². The summed E-state index contributed by atoms with van der Waals surface area (Å²) in [5.41, 5.74) is 7.23. The molecule has 2 N–H and O–H groups in total. The van der Waals surface area contributed by atoms with Crippen molar-refractivity contribution in [2.24, 2.45) is 11.1 Å². The molecule has 0 bridgehead atoms. The molecule has 0 radical (unpaired) electrons. The number of unbranched alkanes of at least 4 members (excludes halogenated alkanes) is 2. The fraction of sp³-hybridized carbons (Fsp3) is 1.00. The zero-order valence-corrected chi connectivity index (χ0v) is 13.2. The third-order valence-electron chi connectivity index (χ3n) is 6.19. The van der Waals surface area contributed by atoms with Crippen LogP contribution in [-0.2, 0) is 0 Å². The highest BCUT2D eigenvalue weighted by Crippen LogP contribution is 2.52. The first kappa shape index (κ1) is 15.3. The Balaban J connectivity index is 1.89. The minimum Gasteiger partial charge on any atom is -0.329 e. The lowest BCUT2D eigenvalue weighted by atomic mass is 9.66. The normalized spacial score (nSPS) is 25.3. The van der Waals surface area contributed by atoms with Crippen LogP contribution in [0.4, 0.5) is 0 Å². The summed E-state index contributed by atoms with van der Waals surface area (Å²) in [6, 6.07) is 0. The molecule has 19 heavy (non-hydrogen) atoms. The molecule has 0 aliphatic heterocycles. The predicted molar refractivity (Wildman–Crippen MR) is 83.3 cm³/mol. The van der Waals surface area contributed by atoms with Gasteiger partial charge in [-0.1, -0.05) is 32.6 Å². The number of nitrogens with two attached hydrogens (primary N) is 1. The van der Waals surface area contributed by atoms with Crippen molar-refractivity contribution in [1.29, 1.82) is 0 Å². The molecule has 2 nitrogen and oxygen atoms in total. The molecule has 0 atom stereocenters. The maximum Gasteiger partial charge on any atom is 0.0329 e. The van der Waals surface area contributed by atoms with Crippen LogP contribution >= 0.6 is 0 Å². The zero-order chi connectivity index (χ0) is 13.8. The molecule has 0 aromatic heterocycles. The Morgan fingerprint density at radius 1 is 0.947 bits per heavy atom. The van der Waals surface area contributed by atoms with E-state index >= 15 is 0 Å². The van der Waals surface area contributed by atoms with E-state index in [1.54, 1.807) is 0 Å². The van der Waals surface area contributed by atoms with E-state index in [-0.39, 0.29) is 0 Å². The summed E-state index contributed by atoms with van der Waals surface area (Å²) < 4.78 is 0. The number of likely N-dealkylation sites (N-methyl/N-ethyl adjacent to an activating group) is 1. The Labute approximate surface area is 120 Å². The lowest BCUT2D eigenvalue weighted by molar-refractivity contribution is 0.0297. The molecule has 0 aromatic carbocycles. The monoisotopic (exact) mass is 266 g/mol. The summed E-state index contributed by atoms with van der Waals surface area (Å²) in [6.07, 6.45) is 15.5. The average Bonchev–Trinajstić information content (AvgIpc) is 2.89. The Bertz CT molecular complexity index is 258. The molecule has 0 unspecified atom stereocenters. The summed E-state index contributed by atoms with van der Waals surface area (Å²) in [6.45, 7) is 4.37. The molecular weight excluding hydrogens is 232 g/mol. The summed E-state index contributed by atoms with van der Waals surface area (Å²) in [5.74, 6) is 0. The predicted octanol–water partition coefficient (Wildman–Crippen LogP) is 3.94. The van der Waals surface area contributed by atoms with E-state index in [9.17, 15) is 0 Å². The van der Waals surface area contributed by atoms with E-state index in [1.165, 1.54) is 77.2 Å². The van der Waals surface area contributed by atoms with Crippen molar-refractivity contribution in [3.8, 4) is 0 Å². The molecule has 0 heterocycles. The van der Waals surface area contributed by atoms with E-state index in [1.807, 2.05) is 0 Å². The van der Waals surface area contributed by atoms with E-state index in [4.69, 9.17) is 5.73 Å². The maximum atomic E-state index is 6.19. The van der Waals surface area contributed by atoms with Crippen LogP contribution in [-0.4, -0.2) is 30.6 Å². The lowest BCUT2D eigenvalue weighted by Crippen LogP contribution is -2.55. The third kappa shape index (κ3) is 3.33. The Hall–Kier alpha value is -0.0800. The topological polar surface area (TPSA) is 29.3 Å². The summed E-state index contributed by atoms with van der Waals surface area (Å²) in [4.78, 5) is 2.60. The maximum absolute atomic E-state index is 6.19. The van der Waals surface area contributed by atoms with Crippen LogP contribution in [0.3, 0.4) is 0 Å². The second-order valence-electron chi connectivity index (χ2n) is 7.26. The molecule has 2 heteroatoms. The van der Waals surface area contributed by atoms with Gasteiger partial charge in [0.1, 0.15) is 0 Å². The number of rotatable bonds is 6. The minimum atomic E-state index is 0.321. The summed E-state index contributed by atoms with van der Waals surface area (Å²) >= 11 is 0. The van der Waals surface area contributed by atoms with E-state index in [0.29, 0.717) is 5.54 Å². The van der Waals surface area contributed by atoms with Crippen molar-refractivity contribution in [1.82, 2.24) is 4.90 Å². The highest BCUT2D eigenvalue weighted by Gasteiger charge is 2.44. The third-order valence-corrected chi connectivity index (χ3v) is 6.19. The minimum absolute atomic E-state index is 0.321. The van der Waals surface area contributed by atoms with Gasteiger partial charge >= 0.3 is 0 Å². The van der Waals surface area contributed by atoms with E-state index in [2.05, 4.69) is 18.9 Å². The van der Waals surface area contributed by atoms with Gasteiger partial charge < -0.3 is 5.73 Å². The molecule has 2 saturated carbocycles. The van der Waals surface area contributed by atoms with Gasteiger partial charge in [0.15, 0.2) is 0 Å². The molecule has 0 amide bonds. The molecule has 0 aromatic rings. The van der Waals surface area contributed by atoms with Gasteiger partial charge in [-0.2, -0.15) is 0 Å². The lowest BCUT2D eigenvalue weighted by Gasteiger charge is -2.49. The van der Waals surface area contributed by atoms with Crippen molar-refractivity contribution >= 4 is 0 Å². The number of hydrogen-bond acceptors (Lipinski definition) is 2. The van der Waals surface area contributed by atoms with Crippen LogP contribution in [0.2, 0.25) is 0 Å². The van der Waals surface area contributed by atoms with Gasteiger partial charge in [0.25, 0.3) is 0 Å². The van der Waals surface area contributed by atoms with E-state index in [0.717, 1.165) is 12.0 Å². The van der Waals surface area contributed by atoms with Gasteiger partial charge in [-0.05, 0) is 64.0 Å². The quantitative estimate of drug-likeness (QED) is 0.738. The van der Waals surface area contributed by atoms with Crippen molar-refractivity contribution in [2.45, 2.75) is 83.1 Å². The first-order valence-electron chi connectivity index (χ1n) is 8.58. The average molecular weight is 266 g/mol. The SMILES string of the molecule is CCCCCN(C)C1(CN)CCC2(CCCC2)CC1. The van der Waals surface area contributed by atoms with Crippen LogP contribution in [0, 0.1) is 5.41 Å². The van der Waals surface area contributed by atoms with Crippen LogP contribution in [0.25, 0.3) is 0 Å².